The fourth-order valence-corrected chi connectivity index (χ4v) is 3.14. The number of amides is 2. The number of H-pyrrole nitrogens is 1. The number of para-hydroxylation sites is 1. The monoisotopic (exact) mass is 392 g/mol. The molecular formula is C18H15F3N4O3. The van der Waals surface area contributed by atoms with Gasteiger partial charge in [0.2, 0.25) is 0 Å². The van der Waals surface area contributed by atoms with E-state index >= 15 is 0 Å². The molecule has 0 fully saturated rings. The van der Waals surface area contributed by atoms with Crippen molar-refractivity contribution in [1.82, 2.24) is 15.5 Å². The molecule has 0 bridgehead atoms. The zero-order chi connectivity index (χ0) is 19.7. The Morgan fingerprint density at radius 3 is 2.89 bits per heavy atom. The largest absolute Gasteiger partial charge is 0.573 e. The number of halogens is 3. The number of fused-ring (bicyclic) bond motifs is 2. The van der Waals surface area contributed by atoms with Crippen LogP contribution in [-0.4, -0.2) is 29.2 Å². The highest BCUT2D eigenvalue weighted by atomic mass is 19.4. The van der Waals surface area contributed by atoms with Crippen LogP contribution in [0.5, 0.6) is 11.5 Å². The van der Waals surface area contributed by atoms with Gasteiger partial charge >= 0.3 is 12.4 Å². The average molecular weight is 392 g/mol. The molecule has 28 heavy (non-hydrogen) atoms. The Morgan fingerprint density at radius 2 is 2.07 bits per heavy atom. The van der Waals surface area contributed by atoms with Crippen molar-refractivity contribution in [2.75, 3.05) is 11.9 Å². The Balaban J connectivity index is 1.53. The van der Waals surface area contributed by atoms with Gasteiger partial charge in [-0.3, -0.25) is 5.10 Å². The molecule has 2 heterocycles. The standard InChI is InChI=1S/C18H15F3N4O3/c19-18(20,21)28-15-6-1-3-10-13(7-8-27-16(10)15)24-17(26)23-12-4-2-5-14-11(12)9-22-25-14/h1-6,9,13H,7-8H2,(H,22,25)(H2,23,24,26). The van der Waals surface area contributed by atoms with E-state index in [0.717, 1.165) is 10.9 Å². The number of carbonyl (C=O) groups excluding carboxylic acids is 1. The van der Waals surface area contributed by atoms with Gasteiger partial charge < -0.3 is 20.1 Å². The highest BCUT2D eigenvalue weighted by Gasteiger charge is 2.34. The Bertz CT molecular complexity index is 1020. The summed E-state index contributed by atoms with van der Waals surface area (Å²) in [7, 11) is 0. The van der Waals surface area contributed by atoms with Gasteiger partial charge in [0.05, 0.1) is 30.0 Å². The van der Waals surface area contributed by atoms with E-state index in [0.29, 0.717) is 17.7 Å². The van der Waals surface area contributed by atoms with Gasteiger partial charge in [-0.2, -0.15) is 5.10 Å². The molecule has 0 saturated carbocycles. The first-order valence-electron chi connectivity index (χ1n) is 8.42. The number of benzene rings is 2. The van der Waals surface area contributed by atoms with Gasteiger partial charge in [-0.05, 0) is 18.2 Å². The molecule has 3 N–H and O–H groups in total. The second kappa shape index (κ2) is 6.95. The summed E-state index contributed by atoms with van der Waals surface area (Å²) in [6.45, 7) is 0.146. The third-order valence-electron chi connectivity index (χ3n) is 4.30. The lowest BCUT2D eigenvalue weighted by atomic mass is 10.00. The molecule has 0 saturated heterocycles. The molecule has 1 aromatic heterocycles. The normalized spacial score (nSPS) is 16.2. The average Bonchev–Trinajstić information content (AvgIpc) is 3.11. The Kier molecular flexibility index (Phi) is 4.46. The predicted molar refractivity (Wildman–Crippen MR) is 94.2 cm³/mol. The molecule has 3 aromatic rings. The van der Waals surface area contributed by atoms with E-state index in [9.17, 15) is 18.0 Å². The quantitative estimate of drug-likeness (QED) is 0.626. The van der Waals surface area contributed by atoms with E-state index in [2.05, 4.69) is 25.6 Å². The van der Waals surface area contributed by atoms with Crippen LogP contribution >= 0.6 is 0 Å². The zero-order valence-corrected chi connectivity index (χ0v) is 14.3. The summed E-state index contributed by atoms with van der Waals surface area (Å²) in [5, 5.41) is 13.0. The van der Waals surface area contributed by atoms with Crippen molar-refractivity contribution < 1.29 is 27.4 Å². The lowest BCUT2D eigenvalue weighted by molar-refractivity contribution is -0.275. The molecule has 0 aliphatic carbocycles. The number of nitrogens with one attached hydrogen (secondary N) is 3. The van der Waals surface area contributed by atoms with Crippen LogP contribution in [0.3, 0.4) is 0 Å². The number of rotatable bonds is 3. The van der Waals surface area contributed by atoms with Crippen LogP contribution < -0.4 is 20.1 Å². The minimum atomic E-state index is -4.83. The molecular weight excluding hydrogens is 377 g/mol. The van der Waals surface area contributed by atoms with E-state index < -0.39 is 24.2 Å². The summed E-state index contributed by atoms with van der Waals surface area (Å²) in [4.78, 5) is 12.5. The summed E-state index contributed by atoms with van der Waals surface area (Å²) in [5.41, 5.74) is 1.75. The van der Waals surface area contributed by atoms with Gasteiger partial charge in [0.1, 0.15) is 0 Å². The molecule has 4 rings (SSSR count). The Labute approximate surface area is 156 Å². The van der Waals surface area contributed by atoms with Crippen molar-refractivity contribution in [1.29, 1.82) is 0 Å². The summed E-state index contributed by atoms with van der Waals surface area (Å²) in [5.74, 6) is -0.451. The number of alkyl halides is 3. The van der Waals surface area contributed by atoms with Crippen molar-refractivity contribution in [2.45, 2.75) is 18.8 Å². The zero-order valence-electron chi connectivity index (χ0n) is 14.3. The van der Waals surface area contributed by atoms with Crippen molar-refractivity contribution in [3.8, 4) is 11.5 Å². The van der Waals surface area contributed by atoms with Crippen LogP contribution in [-0.2, 0) is 0 Å². The molecule has 0 radical (unpaired) electrons. The van der Waals surface area contributed by atoms with E-state index in [1.807, 2.05) is 6.07 Å². The molecule has 146 valence electrons. The molecule has 10 heteroatoms. The lowest BCUT2D eigenvalue weighted by Crippen LogP contribution is -2.35. The predicted octanol–water partition coefficient (Wildman–Crippen LogP) is 4.11. The molecule has 2 aromatic carbocycles. The molecule has 2 amide bonds. The number of hydrogen-bond donors (Lipinski definition) is 3. The van der Waals surface area contributed by atoms with Gasteiger partial charge in [-0.1, -0.05) is 18.2 Å². The first-order chi connectivity index (χ1) is 13.4. The van der Waals surface area contributed by atoms with Crippen LogP contribution in [0.25, 0.3) is 10.9 Å². The van der Waals surface area contributed by atoms with Gasteiger partial charge in [0, 0.05) is 17.4 Å². The Hall–Kier alpha value is -3.43. The fraction of sp³-hybridized carbons (Fsp3) is 0.222. The molecule has 0 spiro atoms. The number of hydrogen-bond acceptors (Lipinski definition) is 4. The second-order valence-corrected chi connectivity index (χ2v) is 6.15. The Morgan fingerprint density at radius 1 is 1.25 bits per heavy atom. The van der Waals surface area contributed by atoms with Crippen LogP contribution in [0, 0.1) is 0 Å². The molecule has 7 nitrogen and oxygen atoms in total. The van der Waals surface area contributed by atoms with E-state index in [1.54, 1.807) is 24.4 Å². The first-order valence-corrected chi connectivity index (χ1v) is 8.42. The third-order valence-corrected chi connectivity index (χ3v) is 4.30. The maximum Gasteiger partial charge on any atom is 0.573 e. The molecule has 1 atom stereocenters. The second-order valence-electron chi connectivity index (χ2n) is 6.15. The minimum Gasteiger partial charge on any atom is -0.489 e. The molecule has 1 aliphatic heterocycles. The third kappa shape index (κ3) is 3.66. The number of ether oxygens (including phenoxy) is 2. The molecule has 1 aliphatic rings. The number of anilines is 1. The number of aromatic nitrogens is 2. The van der Waals surface area contributed by atoms with Gasteiger partial charge in [0.15, 0.2) is 11.5 Å². The van der Waals surface area contributed by atoms with Gasteiger partial charge in [0.25, 0.3) is 0 Å². The minimum absolute atomic E-state index is 0.0201. The summed E-state index contributed by atoms with van der Waals surface area (Å²) in [6.07, 6.45) is -2.83. The van der Waals surface area contributed by atoms with Crippen molar-refractivity contribution in [3.05, 3.63) is 48.2 Å². The molecule has 1 unspecified atom stereocenters. The maximum absolute atomic E-state index is 12.6. The highest BCUT2D eigenvalue weighted by Crippen LogP contribution is 2.41. The topological polar surface area (TPSA) is 88.3 Å². The summed E-state index contributed by atoms with van der Waals surface area (Å²) < 4.78 is 47.2. The van der Waals surface area contributed by atoms with E-state index in [1.165, 1.54) is 12.1 Å². The maximum atomic E-state index is 12.6. The lowest BCUT2D eigenvalue weighted by Gasteiger charge is -2.28. The first kappa shape index (κ1) is 18.0. The number of urea groups is 1. The van der Waals surface area contributed by atoms with Crippen LogP contribution in [0.4, 0.5) is 23.7 Å². The van der Waals surface area contributed by atoms with Gasteiger partial charge in [-0.15, -0.1) is 13.2 Å². The smallest absolute Gasteiger partial charge is 0.489 e. The van der Waals surface area contributed by atoms with Gasteiger partial charge in [-0.25, -0.2) is 4.79 Å². The van der Waals surface area contributed by atoms with E-state index in [-0.39, 0.29) is 12.4 Å². The summed E-state index contributed by atoms with van der Waals surface area (Å²) >= 11 is 0. The van der Waals surface area contributed by atoms with E-state index in [4.69, 9.17) is 4.74 Å². The van der Waals surface area contributed by atoms with Crippen LogP contribution in [0.15, 0.2) is 42.6 Å². The number of nitrogens with zero attached hydrogens (tertiary/aromatic N) is 1. The van der Waals surface area contributed by atoms with Crippen molar-refractivity contribution in [2.24, 2.45) is 0 Å². The highest BCUT2D eigenvalue weighted by molar-refractivity contribution is 6.00. The van der Waals surface area contributed by atoms with Crippen molar-refractivity contribution in [3.63, 3.8) is 0 Å². The van der Waals surface area contributed by atoms with Crippen LogP contribution in [0.2, 0.25) is 0 Å². The fourth-order valence-electron chi connectivity index (χ4n) is 3.14. The SMILES string of the molecule is O=C(Nc1cccc2[nH]ncc12)NC1CCOc2c(OC(F)(F)F)cccc21. The summed E-state index contributed by atoms with van der Waals surface area (Å²) in [6, 6.07) is 8.49. The van der Waals surface area contributed by atoms with Crippen LogP contribution in [0.1, 0.15) is 18.0 Å². The van der Waals surface area contributed by atoms with Crippen molar-refractivity contribution >= 4 is 22.6 Å². The number of carbonyl (C=O) groups is 1. The number of aromatic amines is 1.